The minimum absolute atomic E-state index is 0.273. The molecule has 1 unspecified atom stereocenters. The smallest absolute Gasteiger partial charge is 0.0449 e. The average Bonchev–Trinajstić information content (AvgIpc) is 2.39. The molecule has 0 radical (unpaired) electrons. The highest BCUT2D eigenvalue weighted by atomic mass is 79.9. The summed E-state index contributed by atoms with van der Waals surface area (Å²) in [6, 6.07) is 12.8. The molecule has 3 heteroatoms. The second-order valence-corrected chi connectivity index (χ2v) is 6.41. The fraction of sp³-hybridized carbons (Fsp3) is 0.294. The molecule has 0 aliphatic rings. The Labute approximate surface area is 134 Å². The molecule has 1 nitrogen and oxygen atoms in total. The van der Waals surface area contributed by atoms with Crippen molar-refractivity contribution in [1.82, 2.24) is 5.32 Å². The number of hydrogen-bond acceptors (Lipinski definition) is 1. The van der Waals surface area contributed by atoms with Crippen molar-refractivity contribution in [1.29, 1.82) is 0 Å². The van der Waals surface area contributed by atoms with Gasteiger partial charge in [0.25, 0.3) is 0 Å². The lowest BCUT2D eigenvalue weighted by atomic mass is 9.92. The predicted molar refractivity (Wildman–Crippen MR) is 90.6 cm³/mol. The summed E-state index contributed by atoms with van der Waals surface area (Å²) in [6.45, 7) is 4.33. The third-order valence-electron chi connectivity index (χ3n) is 3.68. The molecule has 0 amide bonds. The molecule has 2 rings (SSSR count). The second kappa shape index (κ2) is 6.75. The molecule has 1 atom stereocenters. The summed E-state index contributed by atoms with van der Waals surface area (Å²) in [5.74, 6) is 0. The lowest BCUT2D eigenvalue weighted by Gasteiger charge is -2.22. The van der Waals surface area contributed by atoms with Gasteiger partial charge in [0.1, 0.15) is 0 Å². The van der Waals surface area contributed by atoms with E-state index in [-0.39, 0.29) is 6.04 Å². The summed E-state index contributed by atoms with van der Waals surface area (Å²) in [6.07, 6.45) is 0.883. The Morgan fingerprint density at radius 1 is 1.15 bits per heavy atom. The number of hydrogen-bond donors (Lipinski definition) is 1. The molecule has 1 N–H and O–H groups in total. The first kappa shape index (κ1) is 15.6. The summed E-state index contributed by atoms with van der Waals surface area (Å²) in [5.41, 5.74) is 5.17. The maximum absolute atomic E-state index is 6.34. The van der Waals surface area contributed by atoms with Crippen LogP contribution in [0.2, 0.25) is 5.02 Å². The number of aryl methyl sites for hydroxylation is 2. The van der Waals surface area contributed by atoms with Crippen LogP contribution in [-0.4, -0.2) is 7.05 Å². The van der Waals surface area contributed by atoms with Crippen molar-refractivity contribution < 1.29 is 0 Å². The van der Waals surface area contributed by atoms with Crippen LogP contribution in [0.3, 0.4) is 0 Å². The van der Waals surface area contributed by atoms with Gasteiger partial charge in [-0.2, -0.15) is 0 Å². The van der Waals surface area contributed by atoms with E-state index in [0.717, 1.165) is 21.5 Å². The number of benzene rings is 2. The molecular weight excluding hydrogens is 334 g/mol. The van der Waals surface area contributed by atoms with E-state index in [1.54, 1.807) is 0 Å². The molecule has 0 heterocycles. The van der Waals surface area contributed by atoms with Crippen molar-refractivity contribution in [3.63, 3.8) is 0 Å². The Bertz CT molecular complexity index is 590. The minimum Gasteiger partial charge on any atom is -0.313 e. The molecule has 0 spiro atoms. The summed E-state index contributed by atoms with van der Waals surface area (Å²) >= 11 is 9.79. The van der Waals surface area contributed by atoms with Gasteiger partial charge in [0.15, 0.2) is 0 Å². The van der Waals surface area contributed by atoms with Gasteiger partial charge in [-0.3, -0.25) is 0 Å². The van der Waals surface area contributed by atoms with Crippen molar-refractivity contribution in [3.8, 4) is 0 Å². The van der Waals surface area contributed by atoms with Gasteiger partial charge in [0.2, 0.25) is 0 Å². The Morgan fingerprint density at radius 2 is 1.80 bits per heavy atom. The maximum atomic E-state index is 6.34. The van der Waals surface area contributed by atoms with Gasteiger partial charge in [0.05, 0.1) is 0 Å². The van der Waals surface area contributed by atoms with Crippen LogP contribution in [0.5, 0.6) is 0 Å². The van der Waals surface area contributed by atoms with E-state index in [0.29, 0.717) is 0 Å². The molecule has 0 aliphatic carbocycles. The van der Waals surface area contributed by atoms with Gasteiger partial charge in [-0.1, -0.05) is 51.8 Å². The van der Waals surface area contributed by atoms with Gasteiger partial charge in [-0.05, 0) is 61.7 Å². The summed E-state index contributed by atoms with van der Waals surface area (Å²) < 4.78 is 1.01. The molecular formula is C17H19BrClN. The Kier molecular flexibility index (Phi) is 5.25. The van der Waals surface area contributed by atoms with Gasteiger partial charge < -0.3 is 5.32 Å². The van der Waals surface area contributed by atoms with E-state index in [1.807, 2.05) is 19.2 Å². The minimum atomic E-state index is 0.273. The first-order valence-corrected chi connectivity index (χ1v) is 7.87. The lowest BCUT2D eigenvalue weighted by molar-refractivity contribution is 0.586. The molecule has 0 aliphatic heterocycles. The normalized spacial score (nSPS) is 12.4. The van der Waals surface area contributed by atoms with Gasteiger partial charge in [-0.15, -0.1) is 0 Å². The van der Waals surface area contributed by atoms with E-state index in [1.165, 1.54) is 16.7 Å². The Hall–Kier alpha value is -0.830. The zero-order chi connectivity index (χ0) is 14.7. The molecule has 20 heavy (non-hydrogen) atoms. The SMILES string of the molecule is CNC(Cc1ccc(Br)cc1Cl)c1c(C)cccc1C. The fourth-order valence-corrected chi connectivity index (χ4v) is 3.38. The monoisotopic (exact) mass is 351 g/mol. The van der Waals surface area contributed by atoms with Crippen LogP contribution in [0, 0.1) is 13.8 Å². The predicted octanol–water partition coefficient (Wildman–Crippen LogP) is 5.22. The molecule has 2 aromatic carbocycles. The topological polar surface area (TPSA) is 12.0 Å². The molecule has 2 aromatic rings. The van der Waals surface area contributed by atoms with Crippen LogP contribution < -0.4 is 5.32 Å². The van der Waals surface area contributed by atoms with E-state index >= 15 is 0 Å². The first-order chi connectivity index (χ1) is 9.52. The van der Waals surface area contributed by atoms with Crippen LogP contribution in [0.1, 0.15) is 28.3 Å². The summed E-state index contributed by atoms with van der Waals surface area (Å²) in [7, 11) is 2.00. The van der Waals surface area contributed by atoms with E-state index in [9.17, 15) is 0 Å². The van der Waals surface area contributed by atoms with Crippen LogP contribution in [0.4, 0.5) is 0 Å². The summed E-state index contributed by atoms with van der Waals surface area (Å²) in [4.78, 5) is 0. The molecule has 0 bridgehead atoms. The van der Waals surface area contributed by atoms with Crippen molar-refractivity contribution in [2.75, 3.05) is 7.05 Å². The van der Waals surface area contributed by atoms with Gasteiger partial charge in [-0.25, -0.2) is 0 Å². The number of halogens is 2. The van der Waals surface area contributed by atoms with Gasteiger partial charge in [0, 0.05) is 15.5 Å². The Balaban J connectivity index is 2.34. The Morgan fingerprint density at radius 3 is 2.35 bits per heavy atom. The number of likely N-dealkylation sites (N-methyl/N-ethyl adjacent to an activating group) is 1. The second-order valence-electron chi connectivity index (χ2n) is 5.09. The third-order valence-corrected chi connectivity index (χ3v) is 4.52. The maximum Gasteiger partial charge on any atom is 0.0449 e. The first-order valence-electron chi connectivity index (χ1n) is 6.70. The highest BCUT2D eigenvalue weighted by Gasteiger charge is 2.16. The number of rotatable bonds is 4. The largest absolute Gasteiger partial charge is 0.313 e. The molecule has 0 saturated carbocycles. The van der Waals surface area contributed by atoms with E-state index in [4.69, 9.17) is 11.6 Å². The van der Waals surface area contributed by atoms with Crippen LogP contribution in [0.15, 0.2) is 40.9 Å². The third kappa shape index (κ3) is 3.43. The highest BCUT2D eigenvalue weighted by molar-refractivity contribution is 9.10. The average molecular weight is 353 g/mol. The van der Waals surface area contributed by atoms with Crippen LogP contribution in [-0.2, 0) is 6.42 Å². The van der Waals surface area contributed by atoms with Crippen molar-refractivity contribution in [2.24, 2.45) is 0 Å². The van der Waals surface area contributed by atoms with Crippen molar-refractivity contribution in [3.05, 3.63) is 68.1 Å². The van der Waals surface area contributed by atoms with E-state index in [2.05, 4.69) is 59.4 Å². The van der Waals surface area contributed by atoms with Gasteiger partial charge >= 0.3 is 0 Å². The summed E-state index contributed by atoms with van der Waals surface area (Å²) in [5, 5.41) is 4.23. The standard InChI is InChI=1S/C17H19BrClN/c1-11-5-4-6-12(2)17(11)16(20-3)9-13-7-8-14(18)10-15(13)19/h4-8,10,16,20H,9H2,1-3H3. The van der Waals surface area contributed by atoms with E-state index < -0.39 is 0 Å². The number of nitrogens with one attached hydrogen (secondary N) is 1. The molecule has 0 fully saturated rings. The lowest BCUT2D eigenvalue weighted by Crippen LogP contribution is -2.21. The fourth-order valence-electron chi connectivity index (χ4n) is 2.63. The zero-order valence-electron chi connectivity index (χ0n) is 12.0. The van der Waals surface area contributed by atoms with Crippen LogP contribution >= 0.6 is 27.5 Å². The molecule has 0 saturated heterocycles. The quantitative estimate of drug-likeness (QED) is 0.795. The van der Waals surface area contributed by atoms with Crippen LogP contribution in [0.25, 0.3) is 0 Å². The highest BCUT2D eigenvalue weighted by Crippen LogP contribution is 2.29. The van der Waals surface area contributed by atoms with Crippen molar-refractivity contribution in [2.45, 2.75) is 26.3 Å². The molecule has 0 aromatic heterocycles. The van der Waals surface area contributed by atoms with Crippen molar-refractivity contribution >= 4 is 27.5 Å². The molecule has 106 valence electrons. The zero-order valence-corrected chi connectivity index (χ0v) is 14.3.